The number of Topliss-reactive ketones (excluding diaryl/α,β-unsaturated/α-hetero) is 2. The first-order chi connectivity index (χ1) is 13.5. The minimum absolute atomic E-state index is 0.0906. The minimum atomic E-state index is -0.833. The number of nitrogens with zero attached hydrogens (tertiary/aromatic N) is 2. The summed E-state index contributed by atoms with van der Waals surface area (Å²) in [4.78, 5) is 34.7. The quantitative estimate of drug-likeness (QED) is 0.577. The molecule has 1 aliphatic carbocycles. The Morgan fingerprint density at radius 3 is 2.57 bits per heavy atom. The molecular formula is C22H21ClN2O3. The third kappa shape index (κ3) is 3.77. The molecule has 0 N–H and O–H groups in total. The molecule has 0 radical (unpaired) electrons. The number of halogens is 1. The van der Waals surface area contributed by atoms with Crippen molar-refractivity contribution in [1.82, 2.24) is 9.97 Å². The second kappa shape index (κ2) is 7.94. The standard InChI is InChI=1S/C22H21ClN2O3/c1-13-12-24-22(15-2-4-17(23)5-3-15)25-20(13)19-18(26)11-16(21(19)27)10-14-6-8-28-9-7-14/h2-5,10,12,14,19H,6-9,11H2,1H3/b16-10+. The van der Waals surface area contributed by atoms with E-state index in [0.29, 0.717) is 41.2 Å². The Labute approximate surface area is 168 Å². The van der Waals surface area contributed by atoms with E-state index in [9.17, 15) is 9.59 Å². The largest absolute Gasteiger partial charge is 0.381 e. The first kappa shape index (κ1) is 19.0. The summed E-state index contributed by atoms with van der Waals surface area (Å²) in [7, 11) is 0. The van der Waals surface area contributed by atoms with E-state index < -0.39 is 5.92 Å². The molecule has 1 saturated carbocycles. The number of carbonyl (C=O) groups is 2. The molecule has 1 aromatic carbocycles. The monoisotopic (exact) mass is 396 g/mol. The van der Waals surface area contributed by atoms with Gasteiger partial charge in [-0.2, -0.15) is 0 Å². The average molecular weight is 397 g/mol. The fourth-order valence-electron chi connectivity index (χ4n) is 3.78. The summed E-state index contributed by atoms with van der Waals surface area (Å²) in [6, 6.07) is 7.18. The number of ketones is 2. The van der Waals surface area contributed by atoms with Gasteiger partial charge < -0.3 is 4.74 Å². The molecule has 1 aromatic heterocycles. The number of carbonyl (C=O) groups excluding carboxylic acids is 2. The Kier molecular flexibility index (Phi) is 5.38. The third-order valence-electron chi connectivity index (χ3n) is 5.35. The second-order valence-electron chi connectivity index (χ2n) is 7.35. The van der Waals surface area contributed by atoms with Crippen molar-refractivity contribution >= 4 is 23.2 Å². The van der Waals surface area contributed by atoms with Gasteiger partial charge in [0.05, 0.1) is 5.69 Å². The highest BCUT2D eigenvalue weighted by molar-refractivity contribution is 6.30. The molecule has 0 spiro atoms. The maximum Gasteiger partial charge on any atom is 0.175 e. The van der Waals surface area contributed by atoms with Gasteiger partial charge in [-0.3, -0.25) is 9.59 Å². The molecule has 1 aliphatic heterocycles. The Morgan fingerprint density at radius 1 is 1.14 bits per heavy atom. The van der Waals surface area contributed by atoms with Crippen molar-refractivity contribution in [2.45, 2.75) is 32.1 Å². The second-order valence-corrected chi connectivity index (χ2v) is 7.79. The highest BCUT2D eigenvalue weighted by Gasteiger charge is 2.40. The van der Waals surface area contributed by atoms with E-state index >= 15 is 0 Å². The lowest BCUT2D eigenvalue weighted by atomic mass is 9.94. The summed E-state index contributed by atoms with van der Waals surface area (Å²) in [5.41, 5.74) is 2.66. The predicted molar refractivity (Wildman–Crippen MR) is 106 cm³/mol. The minimum Gasteiger partial charge on any atom is -0.381 e. The smallest absolute Gasteiger partial charge is 0.175 e. The average Bonchev–Trinajstić information content (AvgIpc) is 2.97. The van der Waals surface area contributed by atoms with Crippen molar-refractivity contribution in [1.29, 1.82) is 0 Å². The maximum atomic E-state index is 13.0. The van der Waals surface area contributed by atoms with Crippen LogP contribution >= 0.6 is 11.6 Å². The van der Waals surface area contributed by atoms with E-state index in [1.165, 1.54) is 0 Å². The topological polar surface area (TPSA) is 69.2 Å². The lowest BCUT2D eigenvalue weighted by Crippen LogP contribution is -2.17. The first-order valence-electron chi connectivity index (χ1n) is 9.48. The molecule has 5 nitrogen and oxygen atoms in total. The Balaban J connectivity index is 1.65. The third-order valence-corrected chi connectivity index (χ3v) is 5.61. The van der Waals surface area contributed by atoms with Crippen LogP contribution in [0, 0.1) is 12.8 Å². The highest BCUT2D eigenvalue weighted by atomic mass is 35.5. The fraction of sp³-hybridized carbons (Fsp3) is 0.364. The van der Waals surface area contributed by atoms with Gasteiger partial charge in [0.15, 0.2) is 17.4 Å². The van der Waals surface area contributed by atoms with Crippen molar-refractivity contribution in [2.24, 2.45) is 5.92 Å². The molecule has 1 saturated heterocycles. The van der Waals surface area contributed by atoms with E-state index in [4.69, 9.17) is 16.3 Å². The molecule has 144 valence electrons. The summed E-state index contributed by atoms with van der Waals surface area (Å²) in [5.74, 6) is -0.261. The van der Waals surface area contributed by atoms with Crippen molar-refractivity contribution in [3.63, 3.8) is 0 Å². The van der Waals surface area contributed by atoms with Crippen LogP contribution in [0.5, 0.6) is 0 Å². The van der Waals surface area contributed by atoms with Crippen molar-refractivity contribution in [3.05, 3.63) is 58.4 Å². The van der Waals surface area contributed by atoms with Crippen LogP contribution in [-0.4, -0.2) is 34.7 Å². The van der Waals surface area contributed by atoms with Gasteiger partial charge in [0, 0.05) is 36.4 Å². The summed E-state index contributed by atoms with van der Waals surface area (Å²) in [6.07, 6.45) is 5.62. The van der Waals surface area contributed by atoms with Crippen LogP contribution in [-0.2, 0) is 14.3 Å². The zero-order valence-electron chi connectivity index (χ0n) is 15.7. The Morgan fingerprint density at radius 2 is 1.86 bits per heavy atom. The van der Waals surface area contributed by atoms with E-state index in [0.717, 1.165) is 24.0 Å². The van der Waals surface area contributed by atoms with Crippen LogP contribution in [0.25, 0.3) is 11.4 Å². The Hall–Kier alpha value is -2.37. The molecule has 2 aromatic rings. The number of aryl methyl sites for hydroxylation is 1. The van der Waals surface area contributed by atoms with Gasteiger partial charge in [-0.25, -0.2) is 9.97 Å². The van der Waals surface area contributed by atoms with Crippen molar-refractivity contribution < 1.29 is 14.3 Å². The molecule has 2 fully saturated rings. The van der Waals surface area contributed by atoms with Gasteiger partial charge in [-0.15, -0.1) is 0 Å². The Bertz CT molecular complexity index is 947. The molecule has 6 heteroatoms. The predicted octanol–water partition coefficient (Wildman–Crippen LogP) is 4.08. The van der Waals surface area contributed by atoms with Gasteiger partial charge >= 0.3 is 0 Å². The molecule has 1 atom stereocenters. The number of ether oxygens (including phenoxy) is 1. The zero-order valence-corrected chi connectivity index (χ0v) is 16.4. The van der Waals surface area contributed by atoms with Crippen molar-refractivity contribution in [3.8, 4) is 11.4 Å². The molecule has 28 heavy (non-hydrogen) atoms. The van der Waals surface area contributed by atoms with Gasteiger partial charge in [0.2, 0.25) is 0 Å². The number of aromatic nitrogens is 2. The SMILES string of the molecule is Cc1cnc(-c2ccc(Cl)cc2)nc1C1C(=O)C/C(=C\C2CCOCC2)C1=O. The number of hydrogen-bond donors (Lipinski definition) is 0. The van der Waals surface area contributed by atoms with Crippen LogP contribution in [0.2, 0.25) is 5.02 Å². The van der Waals surface area contributed by atoms with E-state index in [-0.39, 0.29) is 18.0 Å². The highest BCUT2D eigenvalue weighted by Crippen LogP contribution is 2.35. The number of allylic oxidation sites excluding steroid dienone is 2. The van der Waals surface area contributed by atoms with Crippen LogP contribution in [0.1, 0.15) is 36.4 Å². The summed E-state index contributed by atoms with van der Waals surface area (Å²) in [6.45, 7) is 3.24. The number of hydrogen-bond acceptors (Lipinski definition) is 5. The van der Waals surface area contributed by atoms with Crippen LogP contribution in [0.3, 0.4) is 0 Å². The van der Waals surface area contributed by atoms with Gasteiger partial charge in [0.25, 0.3) is 0 Å². The molecule has 0 amide bonds. The van der Waals surface area contributed by atoms with Crippen LogP contribution in [0.4, 0.5) is 0 Å². The van der Waals surface area contributed by atoms with Gasteiger partial charge in [0.1, 0.15) is 5.92 Å². The van der Waals surface area contributed by atoms with Crippen LogP contribution < -0.4 is 0 Å². The van der Waals surface area contributed by atoms with Gasteiger partial charge in [-0.05, 0) is 61.1 Å². The number of benzene rings is 1. The fourth-order valence-corrected chi connectivity index (χ4v) is 3.90. The molecule has 1 unspecified atom stereocenters. The zero-order chi connectivity index (χ0) is 19.7. The molecule has 4 rings (SSSR count). The molecular weight excluding hydrogens is 376 g/mol. The summed E-state index contributed by atoms with van der Waals surface area (Å²) >= 11 is 5.95. The lowest BCUT2D eigenvalue weighted by molar-refractivity contribution is -0.123. The summed E-state index contributed by atoms with van der Waals surface area (Å²) in [5, 5.41) is 0.625. The van der Waals surface area contributed by atoms with E-state index in [1.54, 1.807) is 18.3 Å². The van der Waals surface area contributed by atoms with Gasteiger partial charge in [-0.1, -0.05) is 17.7 Å². The van der Waals surface area contributed by atoms with E-state index in [1.807, 2.05) is 25.1 Å². The normalized spacial score (nSPS) is 22.2. The molecule has 2 aliphatic rings. The molecule has 0 bridgehead atoms. The first-order valence-corrected chi connectivity index (χ1v) is 9.85. The maximum absolute atomic E-state index is 13.0. The van der Waals surface area contributed by atoms with E-state index in [2.05, 4.69) is 9.97 Å². The van der Waals surface area contributed by atoms with Crippen LogP contribution in [0.15, 0.2) is 42.1 Å². The lowest BCUT2D eigenvalue weighted by Gasteiger charge is -2.19. The van der Waals surface area contributed by atoms with Crippen molar-refractivity contribution in [2.75, 3.05) is 13.2 Å². The number of rotatable bonds is 3. The molecule has 2 heterocycles. The summed E-state index contributed by atoms with van der Waals surface area (Å²) < 4.78 is 5.37.